The number of carbonyl (C=O) groups excluding carboxylic acids is 2. The average Bonchev–Trinajstić information content (AvgIpc) is 3.41. The van der Waals surface area contributed by atoms with Gasteiger partial charge in [0.25, 0.3) is 0 Å². The molecule has 8 unspecified atom stereocenters. The van der Waals surface area contributed by atoms with Crippen LogP contribution in [0, 0.1) is 0 Å². The molecule has 1 amide bonds. The van der Waals surface area contributed by atoms with Crippen molar-refractivity contribution in [2.24, 2.45) is 0 Å². The van der Waals surface area contributed by atoms with Crippen LogP contribution in [-0.2, 0) is 23.8 Å². The van der Waals surface area contributed by atoms with Gasteiger partial charge in [0, 0.05) is 6.42 Å². The van der Waals surface area contributed by atoms with Crippen molar-refractivity contribution >= 4 is 11.9 Å². The molecule has 0 saturated carbocycles. The van der Waals surface area contributed by atoms with E-state index in [4.69, 9.17) is 14.2 Å². The first-order valence-corrected chi connectivity index (χ1v) is 30.4. The molecule has 0 aromatic rings. The average molecular weight is 1050 g/mol. The number of allylic oxidation sites excluding steroid dienone is 13. The maximum absolute atomic E-state index is 13.4. The summed E-state index contributed by atoms with van der Waals surface area (Å²) >= 11 is 0. The molecular weight excluding hydrogens is 943 g/mol. The Morgan fingerprint density at radius 2 is 0.973 bits per heavy atom. The lowest BCUT2D eigenvalue weighted by Crippen LogP contribution is -2.61. The Morgan fingerprint density at radius 1 is 0.533 bits per heavy atom. The van der Waals surface area contributed by atoms with Gasteiger partial charge in [0.1, 0.15) is 24.4 Å². The van der Waals surface area contributed by atoms with Gasteiger partial charge in [-0.15, -0.1) is 0 Å². The van der Waals surface area contributed by atoms with Gasteiger partial charge in [-0.1, -0.05) is 234 Å². The van der Waals surface area contributed by atoms with Gasteiger partial charge in [-0.05, 0) is 89.9 Å². The lowest BCUT2D eigenvalue weighted by Gasteiger charge is -2.41. The molecule has 11 nitrogen and oxygen atoms in total. The Morgan fingerprint density at radius 3 is 1.49 bits per heavy atom. The van der Waals surface area contributed by atoms with Gasteiger partial charge in [0.15, 0.2) is 12.4 Å². The molecule has 0 spiro atoms. The van der Waals surface area contributed by atoms with E-state index >= 15 is 0 Å². The number of ether oxygens (including phenoxy) is 3. The van der Waals surface area contributed by atoms with Crippen LogP contribution in [0.4, 0.5) is 0 Å². The first-order valence-electron chi connectivity index (χ1n) is 30.4. The van der Waals surface area contributed by atoms with Crippen molar-refractivity contribution in [3.8, 4) is 0 Å². The van der Waals surface area contributed by atoms with E-state index in [0.717, 1.165) is 128 Å². The fraction of sp³-hybridized carbons (Fsp3) is 0.750. The summed E-state index contributed by atoms with van der Waals surface area (Å²) in [5.74, 6) is -1.22. The molecule has 1 rings (SSSR count). The quantitative estimate of drug-likeness (QED) is 0.0195. The highest BCUT2D eigenvalue weighted by Gasteiger charge is 2.47. The predicted octanol–water partition coefficient (Wildman–Crippen LogP) is 14.2. The monoisotopic (exact) mass is 1050 g/mol. The van der Waals surface area contributed by atoms with Crippen molar-refractivity contribution in [3.05, 3.63) is 85.1 Å². The van der Waals surface area contributed by atoms with Gasteiger partial charge in [-0.2, -0.15) is 0 Å². The molecule has 11 heteroatoms. The lowest BCUT2D eigenvalue weighted by molar-refractivity contribution is -0.305. The van der Waals surface area contributed by atoms with Crippen LogP contribution in [0.15, 0.2) is 85.1 Å². The topological polar surface area (TPSA) is 175 Å². The van der Waals surface area contributed by atoms with Crippen molar-refractivity contribution in [2.75, 3.05) is 13.2 Å². The first kappa shape index (κ1) is 69.9. The van der Waals surface area contributed by atoms with Crippen molar-refractivity contribution in [1.82, 2.24) is 5.32 Å². The SMILES string of the molecule is CC/C=C\C/C=C\C/C=C\C/C=C\C/C=C\CCCCCCCCC(O)C(=O)NC(COC1OC(CO)C(O)C(O)C1OC(=O)CCCCCCC/C=C\CCCC)C(O)/C=C/CCCCCCCCCCCCC. The van der Waals surface area contributed by atoms with E-state index in [1.165, 1.54) is 70.6 Å². The van der Waals surface area contributed by atoms with Gasteiger partial charge in [-0.25, -0.2) is 0 Å². The minimum atomic E-state index is -1.62. The van der Waals surface area contributed by atoms with E-state index in [9.17, 15) is 35.1 Å². The summed E-state index contributed by atoms with van der Waals surface area (Å²) in [6, 6.07) is -1.04. The first-order chi connectivity index (χ1) is 36.7. The summed E-state index contributed by atoms with van der Waals surface area (Å²) in [6.45, 7) is 5.61. The molecule has 432 valence electrons. The van der Waals surface area contributed by atoms with Crippen LogP contribution < -0.4 is 5.32 Å². The summed E-state index contributed by atoms with van der Waals surface area (Å²) in [5, 5.41) is 56.9. The van der Waals surface area contributed by atoms with Crippen molar-refractivity contribution in [3.63, 3.8) is 0 Å². The Kier molecular flexibility index (Phi) is 48.0. The van der Waals surface area contributed by atoms with E-state index in [1.807, 2.05) is 6.08 Å². The van der Waals surface area contributed by atoms with Crippen molar-refractivity contribution in [2.45, 2.75) is 294 Å². The minimum absolute atomic E-state index is 0.109. The maximum atomic E-state index is 13.4. The summed E-state index contributed by atoms with van der Waals surface area (Å²) in [7, 11) is 0. The van der Waals surface area contributed by atoms with Crippen LogP contribution in [0.1, 0.15) is 245 Å². The fourth-order valence-corrected chi connectivity index (χ4v) is 8.95. The largest absolute Gasteiger partial charge is 0.454 e. The van der Waals surface area contributed by atoms with Crippen LogP contribution in [0.2, 0.25) is 0 Å². The molecule has 1 heterocycles. The molecule has 0 bridgehead atoms. The highest BCUT2D eigenvalue weighted by atomic mass is 16.7. The van der Waals surface area contributed by atoms with Crippen LogP contribution >= 0.6 is 0 Å². The molecule has 1 saturated heterocycles. The maximum Gasteiger partial charge on any atom is 0.306 e. The third kappa shape index (κ3) is 39.8. The number of rotatable bonds is 50. The Hall–Kier alpha value is -3.16. The Bertz CT molecular complexity index is 1540. The third-order valence-electron chi connectivity index (χ3n) is 13.8. The molecular formula is C64H111NO10. The fourth-order valence-electron chi connectivity index (χ4n) is 8.95. The molecule has 1 aliphatic heterocycles. The van der Waals surface area contributed by atoms with E-state index in [-0.39, 0.29) is 19.4 Å². The van der Waals surface area contributed by atoms with Crippen molar-refractivity contribution < 1.29 is 49.3 Å². The second-order valence-corrected chi connectivity index (χ2v) is 20.7. The number of aliphatic hydroxyl groups is 5. The van der Waals surface area contributed by atoms with E-state index in [0.29, 0.717) is 12.8 Å². The molecule has 8 atom stereocenters. The molecule has 1 fully saturated rings. The van der Waals surface area contributed by atoms with Crippen LogP contribution in [-0.4, -0.2) is 99.6 Å². The zero-order chi connectivity index (χ0) is 54.7. The number of unbranched alkanes of at least 4 members (excludes halogenated alkanes) is 24. The smallest absolute Gasteiger partial charge is 0.306 e. The van der Waals surface area contributed by atoms with Crippen LogP contribution in [0.25, 0.3) is 0 Å². The van der Waals surface area contributed by atoms with Crippen LogP contribution in [0.5, 0.6) is 0 Å². The second-order valence-electron chi connectivity index (χ2n) is 20.7. The van der Waals surface area contributed by atoms with Gasteiger partial charge >= 0.3 is 5.97 Å². The number of amides is 1. The molecule has 0 radical (unpaired) electrons. The second kappa shape index (κ2) is 51.6. The summed E-state index contributed by atoms with van der Waals surface area (Å²) < 4.78 is 17.6. The minimum Gasteiger partial charge on any atom is -0.454 e. The van der Waals surface area contributed by atoms with Gasteiger partial charge in [-0.3, -0.25) is 9.59 Å². The van der Waals surface area contributed by atoms with E-state index in [2.05, 4.69) is 99.0 Å². The summed E-state index contributed by atoms with van der Waals surface area (Å²) in [4.78, 5) is 26.5. The number of carbonyl (C=O) groups is 2. The lowest BCUT2D eigenvalue weighted by atomic mass is 9.99. The highest BCUT2D eigenvalue weighted by molar-refractivity contribution is 5.80. The molecule has 1 aliphatic rings. The highest BCUT2D eigenvalue weighted by Crippen LogP contribution is 2.26. The zero-order valence-electron chi connectivity index (χ0n) is 47.6. The molecule has 0 aromatic heterocycles. The van der Waals surface area contributed by atoms with Crippen molar-refractivity contribution in [1.29, 1.82) is 0 Å². The normalized spacial score (nSPS) is 19.8. The van der Waals surface area contributed by atoms with Gasteiger partial charge in [0.05, 0.1) is 25.4 Å². The Balaban J connectivity index is 2.69. The standard InChI is InChI=1S/C64H111NO10/c1-4-7-10-13-16-19-22-24-25-26-27-28-29-30-31-32-34-37-39-42-45-48-51-57(68)63(72)65-55(56(67)50-47-44-41-38-36-33-23-20-17-14-11-8-5-2)54-73-64-62(61(71)60(70)58(53-66)74-64)75-59(69)52-49-46-43-40-35-21-18-15-12-9-6-3/h7,10,15-16,18-19,24-25,27-28,30-31,47,50,55-58,60-62,64,66-68,70-71H,4-6,8-9,11-14,17,20-23,26,29,32-46,48-49,51-54H2,1-3H3,(H,65,72)/b10-7-,18-15-,19-16-,25-24-,28-27-,31-30-,50-47+. The van der Waals surface area contributed by atoms with E-state index < -0.39 is 67.4 Å². The van der Waals surface area contributed by atoms with Crippen LogP contribution in [0.3, 0.4) is 0 Å². The zero-order valence-corrected chi connectivity index (χ0v) is 47.6. The summed E-state index contributed by atoms with van der Waals surface area (Å²) in [6.07, 6.45) is 56.2. The number of aliphatic hydroxyl groups excluding tert-OH is 5. The third-order valence-corrected chi connectivity index (χ3v) is 13.8. The number of hydrogen-bond donors (Lipinski definition) is 6. The van der Waals surface area contributed by atoms with E-state index in [1.54, 1.807) is 6.08 Å². The van der Waals surface area contributed by atoms with Gasteiger partial charge < -0.3 is 45.1 Å². The molecule has 0 aromatic carbocycles. The van der Waals surface area contributed by atoms with Gasteiger partial charge in [0.2, 0.25) is 5.91 Å². The summed E-state index contributed by atoms with van der Waals surface area (Å²) in [5.41, 5.74) is 0. The molecule has 75 heavy (non-hydrogen) atoms. The molecule has 0 aliphatic carbocycles. The number of nitrogens with one attached hydrogen (secondary N) is 1. The number of hydrogen-bond acceptors (Lipinski definition) is 10. The number of esters is 1. The molecule has 6 N–H and O–H groups in total. The predicted molar refractivity (Wildman–Crippen MR) is 310 cm³/mol. The Labute approximate surface area is 457 Å².